The van der Waals surface area contributed by atoms with E-state index in [1.165, 1.54) is 17.0 Å². The van der Waals surface area contributed by atoms with Crippen LogP contribution >= 0.6 is 0 Å². The van der Waals surface area contributed by atoms with E-state index in [-0.39, 0.29) is 17.6 Å². The van der Waals surface area contributed by atoms with E-state index in [4.69, 9.17) is 9.26 Å². The zero-order valence-corrected chi connectivity index (χ0v) is 13.5. The van der Waals surface area contributed by atoms with Gasteiger partial charge in [0.1, 0.15) is 5.76 Å². The van der Waals surface area contributed by atoms with Crippen LogP contribution in [0.2, 0.25) is 0 Å². The number of likely N-dealkylation sites (tertiary alicyclic amines) is 1. The number of rotatable bonds is 4. The number of ether oxygens (including phenoxy) is 1. The van der Waals surface area contributed by atoms with Crippen LogP contribution in [0.15, 0.2) is 28.8 Å². The molecule has 24 heavy (non-hydrogen) atoms. The zero-order valence-electron chi connectivity index (χ0n) is 13.5. The molecule has 7 heteroatoms. The highest BCUT2D eigenvalue weighted by atomic mass is 19.2. The monoisotopic (exact) mass is 336 g/mol. The maximum atomic E-state index is 13.9. The lowest BCUT2D eigenvalue weighted by Gasteiger charge is -2.16. The summed E-state index contributed by atoms with van der Waals surface area (Å²) in [5, 5.41) is 3.84. The Labute approximate surface area is 138 Å². The molecule has 1 saturated heterocycles. The van der Waals surface area contributed by atoms with E-state index < -0.39 is 17.5 Å². The maximum Gasteiger partial charge on any atom is 0.257 e. The fourth-order valence-electron chi connectivity index (χ4n) is 3.08. The molecule has 0 saturated carbocycles. The van der Waals surface area contributed by atoms with E-state index >= 15 is 0 Å². The minimum absolute atomic E-state index is 0.00270. The minimum atomic E-state index is -1.12. The van der Waals surface area contributed by atoms with E-state index in [2.05, 4.69) is 5.16 Å². The molecule has 128 valence electrons. The molecular weight excluding hydrogens is 318 g/mol. The summed E-state index contributed by atoms with van der Waals surface area (Å²) in [5.41, 5.74) is 0.521. The fraction of sp³-hybridized carbons (Fsp3) is 0.412. The number of carbonyl (C=O) groups is 1. The highest BCUT2D eigenvalue weighted by Crippen LogP contribution is 2.26. The first kappa shape index (κ1) is 16.6. The molecule has 2 unspecified atom stereocenters. The molecule has 2 atom stereocenters. The van der Waals surface area contributed by atoms with E-state index in [9.17, 15) is 13.6 Å². The number of aromatic nitrogens is 1. The number of nitrogens with zero attached hydrogens (tertiary/aromatic N) is 2. The second-order valence-electron chi connectivity index (χ2n) is 5.98. The van der Waals surface area contributed by atoms with Gasteiger partial charge in [-0.1, -0.05) is 11.2 Å². The standard InChI is InChI=1S/C17H18F2N2O3/c1-10-6-12(24-20-10)7-11-8-21(9-15(11)23-2)17(22)13-4-3-5-14(18)16(13)19/h3-6,11,15H,7-9H2,1-2H3. The molecule has 1 aromatic heterocycles. The van der Waals surface area contributed by atoms with Crippen LogP contribution in [-0.4, -0.2) is 42.3 Å². The minimum Gasteiger partial charge on any atom is -0.379 e. The van der Waals surface area contributed by atoms with Gasteiger partial charge in [0.05, 0.1) is 17.4 Å². The third kappa shape index (κ3) is 3.17. The van der Waals surface area contributed by atoms with Gasteiger partial charge in [0.2, 0.25) is 0 Å². The third-order valence-corrected chi connectivity index (χ3v) is 4.29. The maximum absolute atomic E-state index is 13.9. The number of hydrogen-bond acceptors (Lipinski definition) is 4. The number of methoxy groups -OCH3 is 1. The molecular formula is C17H18F2N2O3. The van der Waals surface area contributed by atoms with Crippen LogP contribution < -0.4 is 0 Å². The second kappa shape index (κ2) is 6.68. The molecule has 0 aliphatic carbocycles. The van der Waals surface area contributed by atoms with Gasteiger partial charge in [-0.2, -0.15) is 0 Å². The Morgan fingerprint density at radius 2 is 2.21 bits per heavy atom. The van der Waals surface area contributed by atoms with Gasteiger partial charge in [-0.15, -0.1) is 0 Å². The van der Waals surface area contributed by atoms with Gasteiger partial charge in [0, 0.05) is 38.6 Å². The summed E-state index contributed by atoms with van der Waals surface area (Å²) in [5.74, 6) is -1.97. The summed E-state index contributed by atoms with van der Waals surface area (Å²) in [6.45, 7) is 2.54. The molecule has 0 N–H and O–H groups in total. The summed E-state index contributed by atoms with van der Waals surface area (Å²) in [7, 11) is 1.57. The normalized spacial score (nSPS) is 20.6. The van der Waals surface area contributed by atoms with Crippen LogP contribution in [0, 0.1) is 24.5 Å². The Bertz CT molecular complexity index is 747. The van der Waals surface area contributed by atoms with Crippen LogP contribution in [0.25, 0.3) is 0 Å². The first-order valence-electron chi connectivity index (χ1n) is 7.68. The van der Waals surface area contributed by atoms with Crippen molar-refractivity contribution in [1.82, 2.24) is 10.1 Å². The molecule has 1 aromatic carbocycles. The van der Waals surface area contributed by atoms with E-state index in [1.54, 1.807) is 7.11 Å². The second-order valence-corrected chi connectivity index (χ2v) is 5.98. The first-order valence-corrected chi connectivity index (χ1v) is 7.68. The number of aryl methyl sites for hydroxylation is 1. The van der Waals surface area contributed by atoms with E-state index in [1.807, 2.05) is 13.0 Å². The van der Waals surface area contributed by atoms with Crippen molar-refractivity contribution in [2.75, 3.05) is 20.2 Å². The zero-order chi connectivity index (χ0) is 17.3. The SMILES string of the molecule is COC1CN(C(=O)c2cccc(F)c2F)CC1Cc1cc(C)no1. The highest BCUT2D eigenvalue weighted by molar-refractivity contribution is 5.94. The van der Waals surface area contributed by atoms with Crippen LogP contribution in [-0.2, 0) is 11.2 Å². The largest absolute Gasteiger partial charge is 0.379 e. The Balaban J connectivity index is 1.75. The van der Waals surface area contributed by atoms with E-state index in [0.717, 1.165) is 11.8 Å². The topological polar surface area (TPSA) is 55.6 Å². The fourth-order valence-corrected chi connectivity index (χ4v) is 3.08. The molecule has 1 fully saturated rings. The van der Waals surface area contributed by atoms with Crippen LogP contribution in [0.1, 0.15) is 21.8 Å². The molecule has 0 spiro atoms. The molecule has 1 aliphatic rings. The number of benzene rings is 1. The third-order valence-electron chi connectivity index (χ3n) is 4.29. The van der Waals surface area contributed by atoms with Crippen molar-refractivity contribution in [1.29, 1.82) is 0 Å². The van der Waals surface area contributed by atoms with Crippen LogP contribution in [0.4, 0.5) is 8.78 Å². The summed E-state index contributed by atoms with van der Waals surface area (Å²) in [6.07, 6.45) is 0.366. The summed E-state index contributed by atoms with van der Waals surface area (Å²) in [6, 6.07) is 5.44. The molecule has 2 aromatic rings. The van der Waals surface area contributed by atoms with Gasteiger partial charge in [0.25, 0.3) is 5.91 Å². The lowest BCUT2D eigenvalue weighted by molar-refractivity contribution is 0.0669. The lowest BCUT2D eigenvalue weighted by atomic mass is 10.0. The Morgan fingerprint density at radius 1 is 1.42 bits per heavy atom. The van der Waals surface area contributed by atoms with E-state index in [0.29, 0.717) is 25.3 Å². The lowest BCUT2D eigenvalue weighted by Crippen LogP contribution is -2.30. The molecule has 1 amide bonds. The van der Waals surface area contributed by atoms with Crippen LogP contribution in [0.5, 0.6) is 0 Å². The van der Waals surface area contributed by atoms with Crippen molar-refractivity contribution in [3.8, 4) is 0 Å². The predicted molar refractivity (Wildman–Crippen MR) is 81.5 cm³/mol. The number of amides is 1. The van der Waals surface area contributed by atoms with Crippen molar-refractivity contribution in [3.63, 3.8) is 0 Å². The van der Waals surface area contributed by atoms with Gasteiger partial charge in [-0.25, -0.2) is 8.78 Å². The Morgan fingerprint density at radius 3 is 2.88 bits per heavy atom. The average molecular weight is 336 g/mol. The first-order chi connectivity index (χ1) is 11.5. The highest BCUT2D eigenvalue weighted by Gasteiger charge is 2.37. The van der Waals surface area contributed by atoms with Crippen molar-refractivity contribution >= 4 is 5.91 Å². The molecule has 5 nitrogen and oxygen atoms in total. The summed E-state index contributed by atoms with van der Waals surface area (Å²) >= 11 is 0. The van der Waals surface area contributed by atoms with Crippen molar-refractivity contribution in [2.24, 2.45) is 5.92 Å². The van der Waals surface area contributed by atoms with Gasteiger partial charge < -0.3 is 14.2 Å². The number of hydrogen-bond donors (Lipinski definition) is 0. The Hall–Kier alpha value is -2.28. The van der Waals surface area contributed by atoms with Gasteiger partial charge in [0.15, 0.2) is 11.6 Å². The number of carbonyl (C=O) groups excluding carboxylic acids is 1. The van der Waals surface area contributed by atoms with Crippen molar-refractivity contribution in [3.05, 3.63) is 52.9 Å². The number of halogens is 2. The average Bonchev–Trinajstić information content (AvgIpc) is 3.16. The molecule has 1 aliphatic heterocycles. The molecule has 3 rings (SSSR count). The molecule has 0 radical (unpaired) electrons. The van der Waals surface area contributed by atoms with Gasteiger partial charge in [-0.05, 0) is 19.1 Å². The smallest absolute Gasteiger partial charge is 0.257 e. The summed E-state index contributed by atoms with van der Waals surface area (Å²) in [4.78, 5) is 14.0. The summed E-state index contributed by atoms with van der Waals surface area (Å²) < 4.78 is 37.9. The van der Waals surface area contributed by atoms with Crippen LogP contribution in [0.3, 0.4) is 0 Å². The van der Waals surface area contributed by atoms with Gasteiger partial charge >= 0.3 is 0 Å². The molecule has 2 heterocycles. The van der Waals surface area contributed by atoms with Crippen molar-refractivity contribution in [2.45, 2.75) is 19.4 Å². The van der Waals surface area contributed by atoms with Gasteiger partial charge in [-0.3, -0.25) is 4.79 Å². The predicted octanol–water partition coefficient (Wildman–Crippen LogP) is 2.59. The van der Waals surface area contributed by atoms with Crippen molar-refractivity contribution < 1.29 is 22.8 Å². The quantitative estimate of drug-likeness (QED) is 0.861. The Kier molecular flexibility index (Phi) is 4.62. The molecule has 0 bridgehead atoms.